The number of aromatic nitrogens is 1. The summed E-state index contributed by atoms with van der Waals surface area (Å²) in [6.07, 6.45) is -3.29. The summed E-state index contributed by atoms with van der Waals surface area (Å²) < 4.78 is 41.4. The van der Waals surface area contributed by atoms with Gasteiger partial charge in [0.1, 0.15) is 5.75 Å². The van der Waals surface area contributed by atoms with Gasteiger partial charge in [0.25, 0.3) is 0 Å². The van der Waals surface area contributed by atoms with E-state index in [0.717, 1.165) is 30.2 Å². The Balaban J connectivity index is 1.46. The summed E-state index contributed by atoms with van der Waals surface area (Å²) in [5.74, 6) is -1.08. The molecule has 33 heavy (non-hydrogen) atoms. The highest BCUT2D eigenvalue weighted by molar-refractivity contribution is 7.22. The fourth-order valence-electron chi connectivity index (χ4n) is 3.38. The number of alkyl halides is 3. The molecule has 0 radical (unpaired) electrons. The molecule has 1 aliphatic rings. The second-order valence-corrected chi connectivity index (χ2v) is 8.69. The van der Waals surface area contributed by atoms with Crippen molar-refractivity contribution in [3.63, 3.8) is 0 Å². The number of ether oxygens (including phenoxy) is 1. The molecule has 1 fully saturated rings. The van der Waals surface area contributed by atoms with Crippen LogP contribution < -0.4 is 15.4 Å². The molecule has 2 aromatic rings. The molecule has 2 N–H and O–H groups in total. The van der Waals surface area contributed by atoms with Gasteiger partial charge in [-0.05, 0) is 25.0 Å². The molecule has 3 amide bonds. The molecule has 0 saturated carbocycles. The molecule has 1 saturated heterocycles. The molecule has 2 heterocycles. The number of benzene rings is 1. The van der Waals surface area contributed by atoms with Gasteiger partial charge < -0.3 is 25.2 Å². The zero-order chi connectivity index (χ0) is 24.2. The van der Waals surface area contributed by atoms with Crippen molar-refractivity contribution in [2.45, 2.75) is 32.2 Å². The van der Waals surface area contributed by atoms with Gasteiger partial charge in [-0.3, -0.25) is 14.4 Å². The van der Waals surface area contributed by atoms with Gasteiger partial charge in [-0.25, -0.2) is 4.98 Å². The number of carbonyl (C=O) groups is 3. The van der Waals surface area contributed by atoms with Crippen LogP contribution in [-0.4, -0.2) is 78.1 Å². The van der Waals surface area contributed by atoms with E-state index >= 15 is 0 Å². The molecule has 180 valence electrons. The summed E-state index contributed by atoms with van der Waals surface area (Å²) in [5.41, 5.74) is 0.411. The van der Waals surface area contributed by atoms with Gasteiger partial charge in [0.2, 0.25) is 17.7 Å². The number of fused-ring (bicyclic) bond motifs is 1. The van der Waals surface area contributed by atoms with E-state index in [4.69, 9.17) is 0 Å². The van der Waals surface area contributed by atoms with Crippen molar-refractivity contribution in [1.82, 2.24) is 20.1 Å². The van der Waals surface area contributed by atoms with Crippen molar-refractivity contribution in [3.8, 4) is 5.75 Å². The third kappa shape index (κ3) is 7.29. The summed E-state index contributed by atoms with van der Waals surface area (Å²) in [7, 11) is 1.50. The van der Waals surface area contributed by atoms with Crippen LogP contribution in [0.5, 0.6) is 5.75 Å². The summed E-state index contributed by atoms with van der Waals surface area (Å²) in [6.45, 7) is 2.68. The first kappa shape index (κ1) is 24.7. The summed E-state index contributed by atoms with van der Waals surface area (Å²) in [5, 5.41) is 5.92. The highest BCUT2D eigenvalue weighted by atomic mass is 32.1. The number of hydrogen-bond donors (Lipinski definition) is 2. The second kappa shape index (κ2) is 10.3. The van der Waals surface area contributed by atoms with E-state index in [-0.39, 0.29) is 41.8 Å². The van der Waals surface area contributed by atoms with Crippen molar-refractivity contribution in [2.24, 2.45) is 0 Å². The number of nitrogens with one attached hydrogen (secondary N) is 2. The molecule has 0 unspecified atom stereocenters. The SMILES string of the molecule is CC(=O)N1CCC(NCC(=O)N(C)CC(=O)Nc2nc3ccc(OC(F)(F)F)cc3s2)CC1. The van der Waals surface area contributed by atoms with E-state index in [1.165, 1.54) is 31.0 Å². The van der Waals surface area contributed by atoms with Gasteiger partial charge >= 0.3 is 6.36 Å². The Kier molecular flexibility index (Phi) is 7.74. The van der Waals surface area contributed by atoms with Crippen molar-refractivity contribution in [3.05, 3.63) is 18.2 Å². The van der Waals surface area contributed by atoms with Crippen LogP contribution in [0, 0.1) is 0 Å². The zero-order valence-corrected chi connectivity index (χ0v) is 18.9. The molecule has 0 spiro atoms. The number of hydrogen-bond acceptors (Lipinski definition) is 7. The van der Waals surface area contributed by atoms with Gasteiger partial charge in [0.05, 0.1) is 23.3 Å². The largest absolute Gasteiger partial charge is 0.573 e. The van der Waals surface area contributed by atoms with Crippen LogP contribution in [0.4, 0.5) is 18.3 Å². The molecule has 0 atom stereocenters. The topological polar surface area (TPSA) is 104 Å². The number of anilines is 1. The van der Waals surface area contributed by atoms with Crippen LogP contribution in [0.15, 0.2) is 18.2 Å². The third-order valence-corrected chi connectivity index (χ3v) is 6.06. The maximum atomic E-state index is 12.4. The Bertz CT molecular complexity index is 1020. The molecular weight excluding hydrogens is 463 g/mol. The van der Waals surface area contributed by atoms with Crippen LogP contribution in [0.3, 0.4) is 0 Å². The third-order valence-electron chi connectivity index (χ3n) is 5.13. The molecular formula is C20H24F3N5O4S. The first-order valence-corrected chi connectivity index (χ1v) is 11.0. The first-order valence-electron chi connectivity index (χ1n) is 10.2. The number of nitrogens with zero attached hydrogens (tertiary/aromatic N) is 3. The smallest absolute Gasteiger partial charge is 0.406 e. The number of piperidine rings is 1. The van der Waals surface area contributed by atoms with E-state index in [0.29, 0.717) is 23.3 Å². The minimum atomic E-state index is -4.80. The van der Waals surface area contributed by atoms with Gasteiger partial charge in [0, 0.05) is 39.2 Å². The lowest BCUT2D eigenvalue weighted by atomic mass is 10.1. The lowest BCUT2D eigenvalue weighted by Crippen LogP contribution is -2.47. The number of likely N-dealkylation sites (tertiary alicyclic amines) is 1. The standard InChI is InChI=1S/C20H24F3N5O4S/c1-12(29)28-7-5-13(6-8-28)24-10-18(31)27(2)11-17(30)26-19-25-15-4-3-14(9-16(15)33-19)32-20(21,22)23/h3-4,9,13,24H,5-8,10-11H2,1-2H3,(H,25,26,30). The fraction of sp³-hybridized carbons (Fsp3) is 0.500. The maximum Gasteiger partial charge on any atom is 0.573 e. The van der Waals surface area contributed by atoms with E-state index in [1.54, 1.807) is 4.90 Å². The summed E-state index contributed by atoms with van der Waals surface area (Å²) >= 11 is 0.998. The number of halogens is 3. The Hall–Kier alpha value is -2.93. The number of likely N-dealkylation sites (N-methyl/N-ethyl adjacent to an activating group) is 1. The minimum absolute atomic E-state index is 0.0403. The Morgan fingerprint density at radius 2 is 1.97 bits per heavy atom. The number of carbonyl (C=O) groups excluding carboxylic acids is 3. The molecule has 1 aromatic carbocycles. The lowest BCUT2D eigenvalue weighted by Gasteiger charge is -2.32. The van der Waals surface area contributed by atoms with Crippen molar-refractivity contribution in [1.29, 1.82) is 0 Å². The summed E-state index contributed by atoms with van der Waals surface area (Å²) in [4.78, 5) is 43.2. The zero-order valence-electron chi connectivity index (χ0n) is 18.1. The Morgan fingerprint density at radius 3 is 2.61 bits per heavy atom. The van der Waals surface area contributed by atoms with Crippen molar-refractivity contribution >= 4 is 44.4 Å². The van der Waals surface area contributed by atoms with Gasteiger partial charge in [0.15, 0.2) is 5.13 Å². The molecule has 0 bridgehead atoms. The van der Waals surface area contributed by atoms with Gasteiger partial charge in [-0.15, -0.1) is 13.2 Å². The number of amides is 3. The highest BCUT2D eigenvalue weighted by Gasteiger charge is 2.31. The fourth-order valence-corrected chi connectivity index (χ4v) is 4.29. The number of thiazole rings is 1. The monoisotopic (exact) mass is 487 g/mol. The van der Waals surface area contributed by atoms with E-state index in [1.807, 2.05) is 0 Å². The molecule has 9 nitrogen and oxygen atoms in total. The van der Waals surface area contributed by atoms with Crippen molar-refractivity contribution in [2.75, 3.05) is 38.5 Å². The first-order chi connectivity index (χ1) is 15.5. The van der Waals surface area contributed by atoms with Crippen LogP contribution in [-0.2, 0) is 14.4 Å². The maximum absolute atomic E-state index is 12.4. The average Bonchev–Trinajstić information content (AvgIpc) is 3.12. The van der Waals surface area contributed by atoms with Crippen LogP contribution in [0.1, 0.15) is 19.8 Å². The Labute approximate surface area is 191 Å². The average molecular weight is 488 g/mol. The number of rotatable bonds is 7. The molecule has 3 rings (SSSR count). The van der Waals surface area contributed by atoms with Crippen LogP contribution in [0.2, 0.25) is 0 Å². The minimum Gasteiger partial charge on any atom is -0.406 e. The highest BCUT2D eigenvalue weighted by Crippen LogP contribution is 2.31. The van der Waals surface area contributed by atoms with Gasteiger partial charge in [-0.1, -0.05) is 11.3 Å². The molecule has 0 aliphatic carbocycles. The van der Waals surface area contributed by atoms with Gasteiger partial charge in [-0.2, -0.15) is 0 Å². The second-order valence-electron chi connectivity index (χ2n) is 7.66. The molecule has 1 aliphatic heterocycles. The van der Waals surface area contributed by atoms with E-state index in [9.17, 15) is 27.6 Å². The molecule has 1 aromatic heterocycles. The van der Waals surface area contributed by atoms with E-state index in [2.05, 4.69) is 20.4 Å². The quantitative estimate of drug-likeness (QED) is 0.621. The Morgan fingerprint density at radius 1 is 1.27 bits per heavy atom. The van der Waals surface area contributed by atoms with Crippen molar-refractivity contribution < 1.29 is 32.3 Å². The van der Waals surface area contributed by atoms with E-state index < -0.39 is 12.3 Å². The van der Waals surface area contributed by atoms with Crippen LogP contribution >= 0.6 is 11.3 Å². The summed E-state index contributed by atoms with van der Waals surface area (Å²) in [6, 6.07) is 3.83. The predicted octanol–water partition coefficient (Wildman–Crippen LogP) is 2.19. The normalized spacial score (nSPS) is 14.9. The molecule has 13 heteroatoms. The lowest BCUT2D eigenvalue weighted by molar-refractivity contribution is -0.274. The predicted molar refractivity (Wildman–Crippen MR) is 116 cm³/mol. The van der Waals surface area contributed by atoms with Crippen LogP contribution in [0.25, 0.3) is 10.2 Å².